The van der Waals surface area contributed by atoms with Crippen LogP contribution in [-0.4, -0.2) is 19.2 Å². The number of rotatable bonds is 5. The first-order valence-corrected chi connectivity index (χ1v) is 9.27. The van der Waals surface area contributed by atoms with Crippen molar-refractivity contribution in [3.63, 3.8) is 0 Å². The van der Waals surface area contributed by atoms with Gasteiger partial charge in [0.1, 0.15) is 5.75 Å². The summed E-state index contributed by atoms with van der Waals surface area (Å²) in [6.45, 7) is 0. The standard InChI is InChI=1S/C19H14N2O5S/c22-21(23)16-11-13-17(14-12-16)26-19(15-7-3-1-4-8-15)20-27(24,25)18-9-5-2-6-10-18/h1-14H/b20-19-. The van der Waals surface area contributed by atoms with E-state index in [2.05, 4.69) is 4.40 Å². The van der Waals surface area contributed by atoms with Gasteiger partial charge < -0.3 is 4.74 Å². The first kappa shape index (κ1) is 18.3. The molecule has 3 aromatic rings. The van der Waals surface area contributed by atoms with E-state index in [4.69, 9.17) is 4.74 Å². The van der Waals surface area contributed by atoms with Gasteiger partial charge in [0.25, 0.3) is 15.7 Å². The number of hydrogen-bond donors (Lipinski definition) is 0. The topological polar surface area (TPSA) is 98.9 Å². The lowest BCUT2D eigenvalue weighted by Gasteiger charge is -2.09. The van der Waals surface area contributed by atoms with E-state index >= 15 is 0 Å². The van der Waals surface area contributed by atoms with Crippen molar-refractivity contribution in [2.75, 3.05) is 0 Å². The highest BCUT2D eigenvalue weighted by Crippen LogP contribution is 2.20. The average Bonchev–Trinajstić information content (AvgIpc) is 2.69. The number of nitro groups is 1. The van der Waals surface area contributed by atoms with Crippen LogP contribution < -0.4 is 4.74 Å². The number of hydrogen-bond acceptors (Lipinski definition) is 5. The van der Waals surface area contributed by atoms with Gasteiger partial charge in [-0.3, -0.25) is 10.1 Å². The highest BCUT2D eigenvalue weighted by Gasteiger charge is 2.17. The molecule has 3 rings (SSSR count). The van der Waals surface area contributed by atoms with Crippen LogP contribution in [0.2, 0.25) is 0 Å². The molecular formula is C19H14N2O5S. The summed E-state index contributed by atoms with van der Waals surface area (Å²) in [6.07, 6.45) is 0. The van der Waals surface area contributed by atoms with Crippen LogP contribution in [0.25, 0.3) is 0 Å². The number of nitro benzene ring substituents is 1. The molecule has 0 radical (unpaired) electrons. The van der Waals surface area contributed by atoms with E-state index < -0.39 is 14.9 Å². The predicted molar refractivity (Wildman–Crippen MR) is 100 cm³/mol. The fourth-order valence-electron chi connectivity index (χ4n) is 2.21. The monoisotopic (exact) mass is 382 g/mol. The molecule has 7 nitrogen and oxygen atoms in total. The zero-order valence-corrected chi connectivity index (χ0v) is 14.7. The highest BCUT2D eigenvalue weighted by molar-refractivity contribution is 7.90. The van der Waals surface area contributed by atoms with Crippen molar-refractivity contribution in [3.8, 4) is 5.75 Å². The second-order valence-electron chi connectivity index (χ2n) is 5.40. The zero-order chi connectivity index (χ0) is 19.3. The fourth-order valence-corrected chi connectivity index (χ4v) is 3.18. The summed E-state index contributed by atoms with van der Waals surface area (Å²) in [5, 5.41) is 10.8. The van der Waals surface area contributed by atoms with E-state index in [9.17, 15) is 18.5 Å². The lowest BCUT2D eigenvalue weighted by molar-refractivity contribution is -0.384. The SMILES string of the molecule is O=[N+]([O-])c1ccc(O/C(=N\S(=O)(=O)c2ccccc2)c2ccccc2)cc1. The van der Waals surface area contributed by atoms with Crippen molar-refractivity contribution < 1.29 is 18.1 Å². The number of benzene rings is 3. The van der Waals surface area contributed by atoms with Crippen LogP contribution >= 0.6 is 0 Å². The van der Waals surface area contributed by atoms with Crippen LogP contribution in [0, 0.1) is 10.1 Å². The van der Waals surface area contributed by atoms with Crippen molar-refractivity contribution in [2.45, 2.75) is 4.90 Å². The molecule has 0 amide bonds. The Balaban J connectivity index is 2.01. The molecule has 0 saturated carbocycles. The maximum atomic E-state index is 12.6. The van der Waals surface area contributed by atoms with Gasteiger partial charge in [0.2, 0.25) is 5.90 Å². The second-order valence-corrected chi connectivity index (χ2v) is 7.01. The van der Waals surface area contributed by atoms with Crippen molar-refractivity contribution in [1.29, 1.82) is 0 Å². The van der Waals surface area contributed by atoms with Gasteiger partial charge in [0.05, 0.1) is 9.82 Å². The molecule has 3 aromatic carbocycles. The molecule has 0 heterocycles. The lowest BCUT2D eigenvalue weighted by Crippen LogP contribution is -2.13. The Hall–Kier alpha value is -3.52. The quantitative estimate of drug-likeness (QED) is 0.289. The van der Waals surface area contributed by atoms with E-state index in [1.54, 1.807) is 48.5 Å². The van der Waals surface area contributed by atoms with Crippen LogP contribution in [0.3, 0.4) is 0 Å². The molecule has 136 valence electrons. The number of non-ortho nitro benzene ring substituents is 1. The summed E-state index contributed by atoms with van der Waals surface area (Å²) in [5.74, 6) is 0.0970. The first-order valence-electron chi connectivity index (χ1n) is 7.83. The molecule has 0 aliphatic carbocycles. The first-order chi connectivity index (χ1) is 13.0. The Bertz CT molecular complexity index is 1060. The smallest absolute Gasteiger partial charge is 0.285 e. The van der Waals surface area contributed by atoms with Gasteiger partial charge in [-0.15, -0.1) is 4.40 Å². The van der Waals surface area contributed by atoms with Crippen molar-refractivity contribution in [2.24, 2.45) is 4.40 Å². The van der Waals surface area contributed by atoms with Gasteiger partial charge in [-0.2, -0.15) is 8.42 Å². The zero-order valence-electron chi connectivity index (χ0n) is 13.9. The molecule has 0 fully saturated rings. The van der Waals surface area contributed by atoms with Gasteiger partial charge >= 0.3 is 0 Å². The molecule has 0 bridgehead atoms. The normalized spacial score (nSPS) is 11.8. The number of sulfonamides is 1. The summed E-state index contributed by atoms with van der Waals surface area (Å²) in [7, 11) is -3.99. The Morgan fingerprint density at radius 3 is 1.96 bits per heavy atom. The Kier molecular flexibility index (Phi) is 5.28. The van der Waals surface area contributed by atoms with Crippen LogP contribution in [-0.2, 0) is 10.0 Å². The van der Waals surface area contributed by atoms with Crippen molar-refractivity contribution in [1.82, 2.24) is 0 Å². The van der Waals surface area contributed by atoms with E-state index in [1.807, 2.05) is 0 Å². The van der Waals surface area contributed by atoms with Crippen molar-refractivity contribution in [3.05, 3.63) is 101 Å². The molecule has 0 N–H and O–H groups in total. The van der Waals surface area contributed by atoms with Gasteiger partial charge in [-0.25, -0.2) is 0 Å². The molecule has 0 atom stereocenters. The second kappa shape index (κ2) is 7.79. The molecule has 27 heavy (non-hydrogen) atoms. The van der Waals surface area contributed by atoms with Crippen LogP contribution in [0.4, 0.5) is 5.69 Å². The Labute approximate surface area is 155 Å². The summed E-state index contributed by atoms with van der Waals surface area (Å²) >= 11 is 0. The van der Waals surface area contributed by atoms with E-state index in [0.29, 0.717) is 5.56 Å². The average molecular weight is 382 g/mol. The van der Waals surface area contributed by atoms with Crippen LogP contribution in [0.15, 0.2) is 94.2 Å². The Morgan fingerprint density at radius 1 is 0.852 bits per heavy atom. The minimum atomic E-state index is -3.99. The summed E-state index contributed by atoms with van der Waals surface area (Å²) in [5.41, 5.74) is 0.354. The molecule has 0 aliphatic rings. The lowest BCUT2D eigenvalue weighted by atomic mass is 10.2. The predicted octanol–water partition coefficient (Wildman–Crippen LogP) is 3.81. The summed E-state index contributed by atoms with van der Waals surface area (Å²) in [4.78, 5) is 10.3. The minimum absolute atomic E-state index is 0.0331. The fraction of sp³-hybridized carbons (Fsp3) is 0. The minimum Gasteiger partial charge on any atom is -0.438 e. The molecule has 8 heteroatoms. The van der Waals surface area contributed by atoms with Crippen molar-refractivity contribution >= 4 is 21.6 Å². The number of ether oxygens (including phenoxy) is 1. The summed E-state index contributed by atoms with van der Waals surface area (Å²) < 4.78 is 34.7. The third-order valence-corrected chi connectivity index (χ3v) is 4.80. The maximum absolute atomic E-state index is 12.6. The van der Waals surface area contributed by atoms with E-state index in [1.165, 1.54) is 36.4 Å². The third kappa shape index (κ3) is 4.56. The van der Waals surface area contributed by atoms with Gasteiger partial charge in [-0.05, 0) is 36.4 Å². The van der Waals surface area contributed by atoms with Crippen LogP contribution in [0.5, 0.6) is 5.75 Å². The largest absolute Gasteiger partial charge is 0.438 e. The van der Waals surface area contributed by atoms with Gasteiger partial charge in [-0.1, -0.05) is 36.4 Å². The summed E-state index contributed by atoms with van der Waals surface area (Å²) in [6, 6.07) is 21.6. The highest BCUT2D eigenvalue weighted by atomic mass is 32.2. The molecular weight excluding hydrogens is 368 g/mol. The molecule has 0 saturated heterocycles. The van der Waals surface area contributed by atoms with E-state index in [-0.39, 0.29) is 22.2 Å². The molecule has 0 spiro atoms. The molecule has 0 aromatic heterocycles. The maximum Gasteiger partial charge on any atom is 0.285 e. The van der Waals surface area contributed by atoms with Gasteiger partial charge in [0, 0.05) is 17.7 Å². The molecule has 0 unspecified atom stereocenters. The third-order valence-electron chi connectivity index (χ3n) is 3.53. The Morgan fingerprint density at radius 2 is 1.41 bits per heavy atom. The number of nitrogens with zero attached hydrogens (tertiary/aromatic N) is 2. The van der Waals surface area contributed by atoms with Crippen LogP contribution in [0.1, 0.15) is 5.56 Å². The molecule has 0 aliphatic heterocycles. The van der Waals surface area contributed by atoms with E-state index in [0.717, 1.165) is 0 Å². The van der Waals surface area contributed by atoms with Gasteiger partial charge in [0.15, 0.2) is 0 Å².